The van der Waals surface area contributed by atoms with E-state index < -0.39 is 0 Å². The van der Waals surface area contributed by atoms with Crippen molar-refractivity contribution in [1.29, 1.82) is 0 Å². The average molecular weight is 265 g/mol. The van der Waals surface area contributed by atoms with Crippen LogP contribution in [0.5, 0.6) is 0 Å². The highest BCUT2D eigenvalue weighted by atomic mass is 35.5. The van der Waals surface area contributed by atoms with Crippen LogP contribution in [0.4, 0.5) is 0 Å². The van der Waals surface area contributed by atoms with Crippen molar-refractivity contribution in [2.75, 3.05) is 26.2 Å². The Morgan fingerprint density at radius 2 is 2.31 bits per heavy atom. The number of rotatable bonds is 6. The summed E-state index contributed by atoms with van der Waals surface area (Å²) in [7, 11) is 0. The molecule has 1 heterocycles. The SMILES string of the molecule is CC1CCCCN1CCCNCC(Cl)=CCl. The zero-order valence-corrected chi connectivity index (χ0v) is 11.5. The molecule has 0 aliphatic carbocycles. The van der Waals surface area contributed by atoms with Gasteiger partial charge in [-0.1, -0.05) is 29.6 Å². The van der Waals surface area contributed by atoms with Gasteiger partial charge in [0.05, 0.1) is 0 Å². The second-order valence-electron chi connectivity index (χ2n) is 4.47. The maximum Gasteiger partial charge on any atom is 0.0431 e. The van der Waals surface area contributed by atoms with Gasteiger partial charge in [-0.05, 0) is 45.8 Å². The Hall–Kier alpha value is 0.240. The van der Waals surface area contributed by atoms with Gasteiger partial charge in [-0.25, -0.2) is 0 Å². The Bertz CT molecular complexity index is 219. The molecule has 94 valence electrons. The first kappa shape index (κ1) is 14.3. The van der Waals surface area contributed by atoms with Crippen molar-refractivity contribution >= 4 is 23.2 Å². The lowest BCUT2D eigenvalue weighted by Crippen LogP contribution is -2.38. The Morgan fingerprint density at radius 3 is 3.00 bits per heavy atom. The average Bonchev–Trinajstić information content (AvgIpc) is 2.30. The molecule has 1 saturated heterocycles. The molecule has 1 rings (SSSR count). The van der Waals surface area contributed by atoms with E-state index in [-0.39, 0.29) is 0 Å². The summed E-state index contributed by atoms with van der Waals surface area (Å²) in [5, 5.41) is 3.95. The van der Waals surface area contributed by atoms with Crippen LogP contribution in [0, 0.1) is 0 Å². The van der Waals surface area contributed by atoms with Gasteiger partial charge < -0.3 is 10.2 Å². The van der Waals surface area contributed by atoms with Crippen LogP contribution in [0.15, 0.2) is 10.6 Å². The number of hydrogen-bond donors (Lipinski definition) is 1. The monoisotopic (exact) mass is 264 g/mol. The van der Waals surface area contributed by atoms with E-state index in [1.807, 2.05) is 0 Å². The van der Waals surface area contributed by atoms with Crippen LogP contribution in [0.3, 0.4) is 0 Å². The minimum Gasteiger partial charge on any atom is -0.312 e. The standard InChI is InChI=1S/C12H22Cl2N2/c1-11-5-2-3-7-16(11)8-4-6-15-10-12(14)9-13/h9,11,15H,2-8,10H2,1H3. The normalized spacial score (nSPS) is 23.7. The van der Waals surface area contributed by atoms with Crippen molar-refractivity contribution in [3.8, 4) is 0 Å². The number of likely N-dealkylation sites (tertiary alicyclic amines) is 1. The number of nitrogens with one attached hydrogen (secondary N) is 1. The summed E-state index contributed by atoms with van der Waals surface area (Å²) < 4.78 is 0. The van der Waals surface area contributed by atoms with Crippen molar-refractivity contribution in [3.05, 3.63) is 10.6 Å². The molecule has 4 heteroatoms. The Morgan fingerprint density at radius 1 is 1.50 bits per heavy atom. The minimum atomic E-state index is 0.674. The topological polar surface area (TPSA) is 15.3 Å². The summed E-state index contributed by atoms with van der Waals surface area (Å²) in [5.74, 6) is 0. The molecule has 0 aromatic carbocycles. The molecular weight excluding hydrogens is 243 g/mol. The second-order valence-corrected chi connectivity index (χ2v) is 5.17. The zero-order valence-electron chi connectivity index (χ0n) is 10.0. The van der Waals surface area contributed by atoms with Gasteiger partial charge >= 0.3 is 0 Å². The van der Waals surface area contributed by atoms with Crippen LogP contribution < -0.4 is 5.32 Å². The molecule has 1 aliphatic rings. The maximum atomic E-state index is 5.77. The van der Waals surface area contributed by atoms with Gasteiger partial charge in [0.2, 0.25) is 0 Å². The molecule has 0 radical (unpaired) electrons. The molecule has 0 saturated carbocycles. The van der Waals surface area contributed by atoms with Gasteiger partial charge in [0.25, 0.3) is 0 Å². The van der Waals surface area contributed by atoms with E-state index in [1.165, 1.54) is 44.3 Å². The lowest BCUT2D eigenvalue weighted by atomic mass is 10.0. The summed E-state index contributed by atoms with van der Waals surface area (Å²) in [5.41, 5.74) is 1.42. The van der Waals surface area contributed by atoms with Gasteiger partial charge in [0.1, 0.15) is 0 Å². The summed E-state index contributed by atoms with van der Waals surface area (Å²) >= 11 is 11.2. The molecule has 1 aliphatic heterocycles. The van der Waals surface area contributed by atoms with Gasteiger partial charge in [-0.15, -0.1) is 0 Å². The zero-order chi connectivity index (χ0) is 11.8. The van der Waals surface area contributed by atoms with Crippen molar-refractivity contribution in [1.82, 2.24) is 10.2 Å². The smallest absolute Gasteiger partial charge is 0.0431 e. The maximum absolute atomic E-state index is 5.77. The molecule has 1 fully saturated rings. The van der Waals surface area contributed by atoms with E-state index in [9.17, 15) is 0 Å². The van der Waals surface area contributed by atoms with E-state index in [2.05, 4.69) is 17.1 Å². The molecule has 16 heavy (non-hydrogen) atoms. The number of piperidine rings is 1. The minimum absolute atomic E-state index is 0.674. The molecule has 0 spiro atoms. The fraction of sp³-hybridized carbons (Fsp3) is 0.833. The third-order valence-corrected chi connectivity index (χ3v) is 3.77. The summed E-state index contributed by atoms with van der Waals surface area (Å²) in [6.45, 7) is 6.48. The van der Waals surface area contributed by atoms with E-state index >= 15 is 0 Å². The van der Waals surface area contributed by atoms with Crippen LogP contribution in [-0.4, -0.2) is 37.1 Å². The molecule has 1 N–H and O–H groups in total. The lowest BCUT2D eigenvalue weighted by molar-refractivity contribution is 0.159. The van der Waals surface area contributed by atoms with Gasteiger partial charge in [0.15, 0.2) is 0 Å². The van der Waals surface area contributed by atoms with E-state index in [0.29, 0.717) is 11.6 Å². The fourth-order valence-electron chi connectivity index (χ4n) is 2.14. The molecule has 0 bridgehead atoms. The first-order chi connectivity index (χ1) is 7.74. The molecule has 0 amide bonds. The molecular formula is C12H22Cl2N2. The van der Waals surface area contributed by atoms with Crippen LogP contribution in [-0.2, 0) is 0 Å². The van der Waals surface area contributed by atoms with Crippen LogP contribution in [0.1, 0.15) is 32.6 Å². The molecule has 1 unspecified atom stereocenters. The number of nitrogens with zero attached hydrogens (tertiary/aromatic N) is 1. The van der Waals surface area contributed by atoms with Gasteiger partial charge in [-0.3, -0.25) is 0 Å². The van der Waals surface area contributed by atoms with Crippen molar-refractivity contribution in [2.45, 2.75) is 38.6 Å². The third-order valence-electron chi connectivity index (χ3n) is 3.15. The van der Waals surface area contributed by atoms with Crippen molar-refractivity contribution in [3.63, 3.8) is 0 Å². The number of halogens is 2. The fourth-order valence-corrected chi connectivity index (χ4v) is 2.31. The van der Waals surface area contributed by atoms with Gasteiger partial charge in [-0.2, -0.15) is 0 Å². The first-order valence-corrected chi connectivity index (χ1v) is 6.95. The van der Waals surface area contributed by atoms with Crippen LogP contribution in [0.25, 0.3) is 0 Å². The summed E-state index contributed by atoms with van der Waals surface area (Å²) in [4.78, 5) is 2.59. The van der Waals surface area contributed by atoms with Crippen LogP contribution >= 0.6 is 23.2 Å². The first-order valence-electron chi connectivity index (χ1n) is 6.13. The van der Waals surface area contributed by atoms with Gasteiger partial charge in [0, 0.05) is 23.2 Å². The molecule has 0 aromatic heterocycles. The van der Waals surface area contributed by atoms with E-state index in [0.717, 1.165) is 12.6 Å². The largest absolute Gasteiger partial charge is 0.312 e. The van der Waals surface area contributed by atoms with E-state index in [4.69, 9.17) is 23.2 Å². The Labute approximate surface area is 109 Å². The predicted molar refractivity (Wildman–Crippen MR) is 72.2 cm³/mol. The molecule has 1 atom stereocenters. The molecule has 2 nitrogen and oxygen atoms in total. The van der Waals surface area contributed by atoms with E-state index in [1.54, 1.807) is 0 Å². The highest BCUT2D eigenvalue weighted by Gasteiger charge is 2.16. The van der Waals surface area contributed by atoms with Crippen molar-refractivity contribution < 1.29 is 0 Å². The highest BCUT2D eigenvalue weighted by molar-refractivity contribution is 6.36. The van der Waals surface area contributed by atoms with Crippen molar-refractivity contribution in [2.24, 2.45) is 0 Å². The summed E-state index contributed by atoms with van der Waals surface area (Å²) in [6.07, 6.45) is 5.29. The summed E-state index contributed by atoms with van der Waals surface area (Å²) in [6, 6.07) is 0.764. The van der Waals surface area contributed by atoms with Crippen LogP contribution in [0.2, 0.25) is 0 Å². The Kier molecular flexibility index (Phi) is 7.46. The Balaban J connectivity index is 2.02. The highest BCUT2D eigenvalue weighted by Crippen LogP contribution is 2.16. The third kappa shape index (κ3) is 5.53. The second kappa shape index (κ2) is 8.35. The lowest BCUT2D eigenvalue weighted by Gasteiger charge is -2.33. The molecule has 0 aromatic rings. The quantitative estimate of drug-likeness (QED) is 0.742. The predicted octanol–water partition coefficient (Wildman–Crippen LogP) is 3.16. The number of hydrogen-bond acceptors (Lipinski definition) is 2.